The Morgan fingerprint density at radius 2 is 2.00 bits per heavy atom. The average Bonchev–Trinajstić information content (AvgIpc) is 2.26. The number of halogens is 1. The maximum atomic E-state index is 11.3. The Hall–Kier alpha value is -1.54. The van der Waals surface area contributed by atoms with Gasteiger partial charge in [0, 0.05) is 10.9 Å². The fraction of sp³-hybridized carbons (Fsp3) is 0.154. The molecule has 0 unspecified atom stereocenters. The monoisotopic (exact) mass is 234 g/mol. The summed E-state index contributed by atoms with van der Waals surface area (Å²) in [6, 6.07) is 9.31. The van der Waals surface area contributed by atoms with Crippen molar-refractivity contribution < 1.29 is 9.53 Å². The molecule has 0 aliphatic carbocycles. The summed E-state index contributed by atoms with van der Waals surface area (Å²) >= 11 is 5.55. The first-order chi connectivity index (χ1) is 7.63. The Morgan fingerprint density at radius 3 is 2.62 bits per heavy atom. The molecule has 0 bridgehead atoms. The number of carbonyl (C=O) groups is 1. The summed E-state index contributed by atoms with van der Waals surface area (Å²) in [5.41, 5.74) is 1.55. The average molecular weight is 235 g/mol. The molecule has 0 atom stereocenters. The minimum Gasteiger partial charge on any atom is -0.496 e. The van der Waals surface area contributed by atoms with Gasteiger partial charge in [0.1, 0.15) is 5.75 Å². The zero-order valence-corrected chi connectivity index (χ0v) is 9.84. The van der Waals surface area contributed by atoms with Gasteiger partial charge in [0.15, 0.2) is 0 Å². The summed E-state index contributed by atoms with van der Waals surface area (Å²) in [5, 5.41) is 1.29. The van der Waals surface area contributed by atoms with Crippen LogP contribution in [0.4, 0.5) is 0 Å². The lowest BCUT2D eigenvalue weighted by atomic mass is 10.0. The van der Waals surface area contributed by atoms with Crippen LogP contribution >= 0.6 is 11.6 Å². The lowest BCUT2D eigenvalue weighted by Crippen LogP contribution is -1.93. The highest BCUT2D eigenvalue weighted by Gasteiger charge is 2.10. The Morgan fingerprint density at radius 1 is 1.25 bits per heavy atom. The van der Waals surface area contributed by atoms with E-state index in [-0.39, 0.29) is 0 Å². The lowest BCUT2D eigenvalue weighted by Gasteiger charge is -2.09. The van der Waals surface area contributed by atoms with E-state index >= 15 is 0 Å². The smallest absolute Gasteiger partial charge is 0.253 e. The predicted octanol–water partition coefficient (Wildman–Crippen LogP) is 3.54. The summed E-state index contributed by atoms with van der Waals surface area (Å²) in [6.45, 7) is 1.96. The number of hydrogen-bond donors (Lipinski definition) is 0. The van der Waals surface area contributed by atoms with Gasteiger partial charge in [-0.25, -0.2) is 0 Å². The van der Waals surface area contributed by atoms with E-state index in [0.29, 0.717) is 5.56 Å². The largest absolute Gasteiger partial charge is 0.496 e. The van der Waals surface area contributed by atoms with Gasteiger partial charge in [0.05, 0.1) is 7.11 Å². The second kappa shape index (κ2) is 4.14. The molecule has 0 saturated carbocycles. The van der Waals surface area contributed by atoms with Crippen LogP contribution in [0, 0.1) is 6.92 Å². The van der Waals surface area contributed by atoms with E-state index in [4.69, 9.17) is 16.3 Å². The first kappa shape index (κ1) is 11.0. The van der Waals surface area contributed by atoms with Crippen molar-refractivity contribution in [2.75, 3.05) is 7.11 Å². The van der Waals surface area contributed by atoms with Crippen molar-refractivity contribution in [3.05, 3.63) is 41.5 Å². The van der Waals surface area contributed by atoms with Crippen molar-refractivity contribution in [3.8, 4) is 5.75 Å². The van der Waals surface area contributed by atoms with E-state index < -0.39 is 5.24 Å². The molecule has 0 fully saturated rings. The van der Waals surface area contributed by atoms with Gasteiger partial charge in [-0.15, -0.1) is 0 Å². The number of ether oxygens (including phenoxy) is 1. The zero-order chi connectivity index (χ0) is 11.7. The molecular formula is C13H11ClO2. The predicted molar refractivity (Wildman–Crippen MR) is 65.4 cm³/mol. The molecule has 0 amide bonds. The van der Waals surface area contributed by atoms with E-state index in [0.717, 1.165) is 22.1 Å². The third-order valence-electron chi connectivity index (χ3n) is 2.53. The normalized spacial score (nSPS) is 10.4. The first-order valence-corrected chi connectivity index (χ1v) is 5.28. The highest BCUT2D eigenvalue weighted by molar-refractivity contribution is 6.68. The lowest BCUT2D eigenvalue weighted by molar-refractivity contribution is 0.108. The van der Waals surface area contributed by atoms with Crippen LogP contribution in [0.25, 0.3) is 10.8 Å². The molecule has 82 valence electrons. The third kappa shape index (κ3) is 1.76. The molecular weight excluding hydrogens is 224 g/mol. The summed E-state index contributed by atoms with van der Waals surface area (Å²) in [5.74, 6) is 0.759. The molecule has 0 saturated heterocycles. The Bertz CT molecular complexity index is 561. The van der Waals surface area contributed by atoms with Crippen LogP contribution in [0.15, 0.2) is 30.3 Å². The molecule has 2 rings (SSSR count). The minimum atomic E-state index is -0.446. The van der Waals surface area contributed by atoms with E-state index in [2.05, 4.69) is 0 Å². The number of benzene rings is 2. The second-order valence-corrected chi connectivity index (χ2v) is 3.98. The fourth-order valence-electron chi connectivity index (χ4n) is 1.83. The van der Waals surface area contributed by atoms with Crippen LogP contribution < -0.4 is 4.74 Å². The highest BCUT2D eigenvalue weighted by atomic mass is 35.5. The van der Waals surface area contributed by atoms with Crippen LogP contribution in [-0.4, -0.2) is 12.4 Å². The highest BCUT2D eigenvalue weighted by Crippen LogP contribution is 2.30. The number of fused-ring (bicyclic) bond motifs is 1. The molecule has 2 aromatic carbocycles. The zero-order valence-electron chi connectivity index (χ0n) is 9.08. The SMILES string of the molecule is COc1cc(C)cc2c(C(=O)Cl)cccc12. The van der Waals surface area contributed by atoms with Crippen molar-refractivity contribution in [1.29, 1.82) is 0 Å². The standard InChI is InChI=1S/C13H11ClO2/c1-8-6-11-9(12(7-8)16-2)4-3-5-10(11)13(14)15/h3-7H,1-2H3. The second-order valence-electron chi connectivity index (χ2n) is 3.64. The fourth-order valence-corrected chi connectivity index (χ4v) is 1.99. The van der Waals surface area contributed by atoms with Gasteiger partial charge < -0.3 is 4.74 Å². The summed E-state index contributed by atoms with van der Waals surface area (Å²) in [6.07, 6.45) is 0. The van der Waals surface area contributed by atoms with Gasteiger partial charge in [0.25, 0.3) is 5.24 Å². The molecule has 0 heterocycles. The summed E-state index contributed by atoms with van der Waals surface area (Å²) in [4.78, 5) is 11.3. The van der Waals surface area contributed by atoms with Crippen molar-refractivity contribution >= 4 is 27.6 Å². The van der Waals surface area contributed by atoms with Crippen molar-refractivity contribution in [2.45, 2.75) is 6.92 Å². The first-order valence-electron chi connectivity index (χ1n) is 4.90. The molecule has 3 heteroatoms. The molecule has 2 nitrogen and oxygen atoms in total. The molecule has 0 aliphatic heterocycles. The van der Waals surface area contributed by atoms with Gasteiger partial charge in [-0.1, -0.05) is 18.2 Å². The number of methoxy groups -OCH3 is 1. The van der Waals surface area contributed by atoms with Crippen LogP contribution in [0.1, 0.15) is 15.9 Å². The van der Waals surface area contributed by atoms with Gasteiger partial charge in [0.2, 0.25) is 0 Å². The van der Waals surface area contributed by atoms with Crippen molar-refractivity contribution in [3.63, 3.8) is 0 Å². The van der Waals surface area contributed by atoms with Crippen LogP contribution in [0.2, 0.25) is 0 Å². The van der Waals surface area contributed by atoms with E-state index in [9.17, 15) is 4.79 Å². The van der Waals surface area contributed by atoms with E-state index in [1.807, 2.05) is 25.1 Å². The molecule has 16 heavy (non-hydrogen) atoms. The number of aryl methyl sites for hydroxylation is 1. The molecule has 0 aromatic heterocycles. The van der Waals surface area contributed by atoms with Crippen LogP contribution in [0.5, 0.6) is 5.75 Å². The van der Waals surface area contributed by atoms with Crippen LogP contribution in [-0.2, 0) is 0 Å². The van der Waals surface area contributed by atoms with Crippen LogP contribution in [0.3, 0.4) is 0 Å². The van der Waals surface area contributed by atoms with E-state index in [1.54, 1.807) is 19.2 Å². The topological polar surface area (TPSA) is 26.3 Å². The number of hydrogen-bond acceptors (Lipinski definition) is 2. The van der Waals surface area contributed by atoms with Crippen molar-refractivity contribution in [1.82, 2.24) is 0 Å². The van der Waals surface area contributed by atoms with Gasteiger partial charge in [-0.05, 0) is 41.6 Å². The van der Waals surface area contributed by atoms with Gasteiger partial charge >= 0.3 is 0 Å². The summed E-state index contributed by atoms with van der Waals surface area (Å²) < 4.78 is 5.29. The van der Waals surface area contributed by atoms with Gasteiger partial charge in [-0.2, -0.15) is 0 Å². The molecule has 0 spiro atoms. The maximum Gasteiger partial charge on any atom is 0.253 e. The Labute approximate surface area is 98.8 Å². The van der Waals surface area contributed by atoms with Gasteiger partial charge in [-0.3, -0.25) is 4.79 Å². The maximum absolute atomic E-state index is 11.3. The minimum absolute atomic E-state index is 0.446. The van der Waals surface area contributed by atoms with E-state index in [1.165, 1.54) is 0 Å². The summed E-state index contributed by atoms with van der Waals surface area (Å²) in [7, 11) is 1.61. The third-order valence-corrected chi connectivity index (χ3v) is 2.74. The quantitative estimate of drug-likeness (QED) is 0.743. The number of carbonyl (C=O) groups excluding carboxylic acids is 1. The molecule has 0 radical (unpaired) electrons. The number of rotatable bonds is 2. The Kier molecular flexibility index (Phi) is 2.84. The molecule has 2 aromatic rings. The molecule has 0 N–H and O–H groups in total. The Balaban J connectivity index is 2.87. The van der Waals surface area contributed by atoms with Crippen molar-refractivity contribution in [2.24, 2.45) is 0 Å². The molecule has 0 aliphatic rings.